The molecule has 0 radical (unpaired) electrons. The number of halogens is 2. The summed E-state index contributed by atoms with van der Waals surface area (Å²) in [7, 11) is 0. The number of benzene rings is 2. The lowest BCUT2D eigenvalue weighted by atomic mass is 10.3. The number of hydrogen-bond donors (Lipinski definition) is 1. The van der Waals surface area contributed by atoms with Crippen molar-refractivity contribution in [3.8, 4) is 11.5 Å². The number of nitrogens with two attached hydrogens (primary N) is 1. The second-order valence-corrected chi connectivity index (χ2v) is 3.62. The zero-order chi connectivity index (χ0) is 11.5. The van der Waals surface area contributed by atoms with Crippen molar-refractivity contribution in [3.05, 3.63) is 53.3 Å². The van der Waals surface area contributed by atoms with E-state index in [0.29, 0.717) is 22.2 Å². The Balaban J connectivity index is 2.34. The van der Waals surface area contributed by atoms with Gasteiger partial charge in [0.25, 0.3) is 0 Å². The predicted octanol–water partition coefficient (Wildman–Crippen LogP) is 3.85. The van der Waals surface area contributed by atoms with Gasteiger partial charge < -0.3 is 10.5 Å². The van der Waals surface area contributed by atoms with E-state index < -0.39 is 0 Å². The molecule has 0 spiro atoms. The lowest BCUT2D eigenvalue weighted by Gasteiger charge is -2.09. The van der Waals surface area contributed by atoms with E-state index >= 15 is 0 Å². The zero-order valence-electron chi connectivity index (χ0n) is 8.28. The summed E-state index contributed by atoms with van der Waals surface area (Å²) >= 11 is 5.92. The van der Waals surface area contributed by atoms with E-state index in [4.69, 9.17) is 22.1 Å². The van der Waals surface area contributed by atoms with Crippen molar-refractivity contribution in [2.24, 2.45) is 0 Å². The SMILES string of the molecule is Nc1cccc(Cl)c1Oc1cccc(F)c1. The van der Waals surface area contributed by atoms with Crippen LogP contribution in [0.5, 0.6) is 11.5 Å². The Kier molecular flexibility index (Phi) is 2.97. The van der Waals surface area contributed by atoms with Gasteiger partial charge in [-0.1, -0.05) is 23.7 Å². The molecule has 16 heavy (non-hydrogen) atoms. The van der Waals surface area contributed by atoms with Gasteiger partial charge in [-0.05, 0) is 24.3 Å². The highest BCUT2D eigenvalue weighted by Gasteiger charge is 2.07. The molecule has 0 amide bonds. The monoisotopic (exact) mass is 237 g/mol. The van der Waals surface area contributed by atoms with Gasteiger partial charge in [-0.25, -0.2) is 4.39 Å². The molecule has 0 aromatic heterocycles. The summed E-state index contributed by atoms with van der Waals surface area (Å²) in [6.45, 7) is 0. The molecule has 0 bridgehead atoms. The van der Waals surface area contributed by atoms with Crippen molar-refractivity contribution in [2.75, 3.05) is 5.73 Å². The van der Waals surface area contributed by atoms with E-state index in [9.17, 15) is 4.39 Å². The van der Waals surface area contributed by atoms with Crippen LogP contribution in [0.3, 0.4) is 0 Å². The highest BCUT2D eigenvalue weighted by molar-refractivity contribution is 6.32. The molecule has 2 N–H and O–H groups in total. The van der Waals surface area contributed by atoms with Gasteiger partial charge in [-0.15, -0.1) is 0 Å². The van der Waals surface area contributed by atoms with Crippen molar-refractivity contribution in [3.63, 3.8) is 0 Å². The van der Waals surface area contributed by atoms with E-state index in [2.05, 4.69) is 0 Å². The minimum atomic E-state index is -0.372. The molecule has 0 atom stereocenters. The second-order valence-electron chi connectivity index (χ2n) is 3.22. The maximum atomic E-state index is 12.9. The Labute approximate surface area is 97.4 Å². The average molecular weight is 238 g/mol. The van der Waals surface area contributed by atoms with Crippen LogP contribution in [0.4, 0.5) is 10.1 Å². The van der Waals surface area contributed by atoms with E-state index in [1.807, 2.05) is 0 Å². The molecule has 2 rings (SSSR count). The second kappa shape index (κ2) is 4.41. The molecule has 0 aliphatic heterocycles. The molecule has 0 aliphatic rings. The number of nitrogen functional groups attached to an aromatic ring is 1. The first-order chi connectivity index (χ1) is 7.66. The van der Waals surface area contributed by atoms with Crippen molar-refractivity contribution in [2.45, 2.75) is 0 Å². The predicted molar refractivity (Wildman–Crippen MR) is 62.3 cm³/mol. The van der Waals surface area contributed by atoms with E-state index in [-0.39, 0.29) is 5.82 Å². The molecule has 0 heterocycles. The Morgan fingerprint density at radius 2 is 1.88 bits per heavy atom. The average Bonchev–Trinajstić information content (AvgIpc) is 2.24. The molecule has 82 valence electrons. The molecule has 0 unspecified atom stereocenters. The fraction of sp³-hybridized carbons (Fsp3) is 0. The number of rotatable bonds is 2. The Morgan fingerprint density at radius 3 is 2.56 bits per heavy atom. The molecule has 2 aromatic rings. The number of anilines is 1. The van der Waals surface area contributed by atoms with Gasteiger partial charge in [-0.2, -0.15) is 0 Å². The lowest BCUT2D eigenvalue weighted by Crippen LogP contribution is -1.92. The molecule has 0 saturated carbocycles. The van der Waals surface area contributed by atoms with Gasteiger partial charge in [0.15, 0.2) is 5.75 Å². The topological polar surface area (TPSA) is 35.2 Å². The van der Waals surface area contributed by atoms with Crippen LogP contribution in [0, 0.1) is 5.82 Å². The quantitative estimate of drug-likeness (QED) is 0.805. The van der Waals surface area contributed by atoms with Gasteiger partial charge in [0, 0.05) is 6.07 Å². The summed E-state index contributed by atoms with van der Waals surface area (Å²) in [5.41, 5.74) is 6.12. The lowest BCUT2D eigenvalue weighted by molar-refractivity contribution is 0.479. The van der Waals surface area contributed by atoms with Crippen molar-refractivity contribution in [1.82, 2.24) is 0 Å². The fourth-order valence-corrected chi connectivity index (χ4v) is 1.50. The third kappa shape index (κ3) is 2.25. The van der Waals surface area contributed by atoms with Crippen molar-refractivity contribution in [1.29, 1.82) is 0 Å². The number of para-hydroxylation sites is 1. The van der Waals surface area contributed by atoms with Crippen LogP contribution < -0.4 is 10.5 Å². The van der Waals surface area contributed by atoms with Crippen LogP contribution in [0.1, 0.15) is 0 Å². The van der Waals surface area contributed by atoms with Crippen LogP contribution in [-0.4, -0.2) is 0 Å². The first kappa shape index (κ1) is 10.8. The van der Waals surface area contributed by atoms with Crippen LogP contribution >= 0.6 is 11.6 Å². The Hall–Kier alpha value is -1.74. The van der Waals surface area contributed by atoms with E-state index in [1.165, 1.54) is 12.1 Å². The largest absolute Gasteiger partial charge is 0.454 e. The van der Waals surface area contributed by atoms with Crippen LogP contribution in [-0.2, 0) is 0 Å². The fourth-order valence-electron chi connectivity index (χ4n) is 1.28. The van der Waals surface area contributed by atoms with Crippen molar-refractivity contribution >= 4 is 17.3 Å². The molecule has 0 fully saturated rings. The number of ether oxygens (including phenoxy) is 1. The minimum Gasteiger partial charge on any atom is -0.454 e. The summed E-state index contributed by atoms with van der Waals surface area (Å²) in [4.78, 5) is 0. The summed E-state index contributed by atoms with van der Waals surface area (Å²) in [6, 6.07) is 10.8. The van der Waals surface area contributed by atoms with Gasteiger partial charge in [0.05, 0.1) is 10.7 Å². The zero-order valence-corrected chi connectivity index (χ0v) is 9.04. The van der Waals surface area contributed by atoms with E-state index in [1.54, 1.807) is 30.3 Å². The van der Waals surface area contributed by atoms with Gasteiger partial charge >= 0.3 is 0 Å². The van der Waals surface area contributed by atoms with Gasteiger partial charge in [0.2, 0.25) is 0 Å². The molecule has 4 heteroatoms. The van der Waals surface area contributed by atoms with Crippen LogP contribution in [0.15, 0.2) is 42.5 Å². The molecular weight excluding hydrogens is 229 g/mol. The highest BCUT2D eigenvalue weighted by Crippen LogP contribution is 2.34. The molecule has 0 saturated heterocycles. The number of hydrogen-bond acceptors (Lipinski definition) is 2. The van der Waals surface area contributed by atoms with Crippen molar-refractivity contribution < 1.29 is 9.13 Å². The normalized spacial score (nSPS) is 10.1. The third-order valence-electron chi connectivity index (χ3n) is 2.01. The third-order valence-corrected chi connectivity index (χ3v) is 2.31. The minimum absolute atomic E-state index is 0.342. The first-order valence-corrected chi connectivity index (χ1v) is 5.02. The maximum Gasteiger partial charge on any atom is 0.168 e. The summed E-state index contributed by atoms with van der Waals surface area (Å²) in [6.07, 6.45) is 0. The molecular formula is C12H9ClFNO. The highest BCUT2D eigenvalue weighted by atomic mass is 35.5. The summed E-state index contributed by atoms with van der Waals surface area (Å²) in [5, 5.41) is 0.393. The Morgan fingerprint density at radius 1 is 1.12 bits per heavy atom. The van der Waals surface area contributed by atoms with Gasteiger partial charge in [-0.3, -0.25) is 0 Å². The first-order valence-electron chi connectivity index (χ1n) is 4.64. The van der Waals surface area contributed by atoms with E-state index in [0.717, 1.165) is 0 Å². The summed E-state index contributed by atoms with van der Waals surface area (Å²) in [5.74, 6) is 0.331. The molecule has 0 aliphatic carbocycles. The van der Waals surface area contributed by atoms with Gasteiger partial charge in [0.1, 0.15) is 11.6 Å². The molecule has 2 nitrogen and oxygen atoms in total. The molecule has 2 aromatic carbocycles. The smallest absolute Gasteiger partial charge is 0.168 e. The standard InChI is InChI=1S/C12H9ClFNO/c13-10-5-2-6-11(15)12(10)16-9-4-1-3-8(14)7-9/h1-7H,15H2. The Bertz CT molecular complexity index is 496. The maximum absolute atomic E-state index is 12.9. The van der Waals surface area contributed by atoms with Crippen LogP contribution in [0.2, 0.25) is 5.02 Å². The summed E-state index contributed by atoms with van der Waals surface area (Å²) < 4.78 is 18.4. The van der Waals surface area contributed by atoms with Crippen LogP contribution in [0.25, 0.3) is 0 Å².